The highest BCUT2D eigenvalue weighted by Gasteiger charge is 2.31. The molecule has 0 aliphatic carbocycles. The Kier molecular flexibility index (Phi) is 6.01. The maximum absolute atomic E-state index is 12.7. The molecule has 0 aromatic heterocycles. The molecule has 29 heavy (non-hydrogen) atoms. The third kappa shape index (κ3) is 4.31. The van der Waals surface area contributed by atoms with Crippen molar-refractivity contribution < 1.29 is 19.1 Å². The maximum Gasteiger partial charge on any atom is 0.324 e. The maximum atomic E-state index is 12.7. The van der Waals surface area contributed by atoms with Crippen LogP contribution in [0.4, 0.5) is 10.5 Å². The monoisotopic (exact) mass is 396 g/mol. The van der Waals surface area contributed by atoms with E-state index < -0.39 is 0 Å². The number of hydrogen-bond acceptors (Lipinski definition) is 5. The number of ether oxygens (including phenoxy) is 2. The van der Waals surface area contributed by atoms with Crippen LogP contribution in [-0.2, 0) is 9.53 Å². The molecule has 3 rings (SSSR count). The van der Waals surface area contributed by atoms with Gasteiger partial charge in [0.25, 0.3) is 0 Å². The van der Waals surface area contributed by atoms with E-state index in [9.17, 15) is 9.59 Å². The Morgan fingerprint density at radius 1 is 1.10 bits per heavy atom. The van der Waals surface area contributed by atoms with E-state index in [0.29, 0.717) is 36.6 Å². The zero-order chi connectivity index (χ0) is 21.0. The molecule has 0 spiro atoms. The Hall–Kier alpha value is -3.55. The number of amidine groups is 1. The molecule has 8 nitrogen and oxygen atoms in total. The minimum Gasteiger partial charge on any atom is -0.495 e. The standard InChI is InChI=1S/C21H24N4O4/c1-28-18-13-16(14-3-5-15(6-4-14)20(22)23)7-8-17(18)25-12-11-24(21(25)27)10-9-19(26)29-2/h3-8,13H,9-12H2,1-2H3,(H3,22,23). The molecule has 1 saturated heterocycles. The van der Waals surface area contributed by atoms with Crippen LogP contribution in [0.25, 0.3) is 11.1 Å². The summed E-state index contributed by atoms with van der Waals surface area (Å²) >= 11 is 0. The zero-order valence-electron chi connectivity index (χ0n) is 16.5. The van der Waals surface area contributed by atoms with Crippen LogP contribution in [0.3, 0.4) is 0 Å². The zero-order valence-corrected chi connectivity index (χ0v) is 16.5. The lowest BCUT2D eigenvalue weighted by molar-refractivity contribution is -0.140. The Bertz CT molecular complexity index is 927. The van der Waals surface area contributed by atoms with E-state index in [-0.39, 0.29) is 24.3 Å². The number of carbonyl (C=O) groups excluding carboxylic acids is 2. The Labute approximate surface area is 169 Å². The molecule has 0 atom stereocenters. The number of amides is 2. The normalized spacial score (nSPS) is 13.5. The molecule has 1 aliphatic rings. The predicted molar refractivity (Wildman–Crippen MR) is 110 cm³/mol. The van der Waals surface area contributed by atoms with Crippen molar-refractivity contribution in [3.8, 4) is 16.9 Å². The number of methoxy groups -OCH3 is 2. The van der Waals surface area contributed by atoms with E-state index in [1.807, 2.05) is 30.3 Å². The third-order valence-corrected chi connectivity index (χ3v) is 4.91. The van der Waals surface area contributed by atoms with Gasteiger partial charge in [-0.05, 0) is 23.3 Å². The van der Waals surface area contributed by atoms with E-state index in [2.05, 4.69) is 4.74 Å². The molecule has 152 valence electrons. The summed E-state index contributed by atoms with van der Waals surface area (Å²) in [6.07, 6.45) is 0.169. The van der Waals surface area contributed by atoms with Gasteiger partial charge in [-0.3, -0.25) is 15.1 Å². The minimum absolute atomic E-state index is 0.0220. The van der Waals surface area contributed by atoms with Crippen LogP contribution in [0, 0.1) is 5.41 Å². The van der Waals surface area contributed by atoms with E-state index in [0.717, 1.165) is 11.1 Å². The quantitative estimate of drug-likeness (QED) is 0.424. The first-order valence-electron chi connectivity index (χ1n) is 9.20. The molecule has 8 heteroatoms. The van der Waals surface area contributed by atoms with Crippen molar-refractivity contribution in [1.29, 1.82) is 5.41 Å². The highest BCUT2D eigenvalue weighted by atomic mass is 16.5. The molecule has 1 fully saturated rings. The van der Waals surface area contributed by atoms with Gasteiger partial charge < -0.3 is 20.1 Å². The summed E-state index contributed by atoms with van der Waals surface area (Å²) < 4.78 is 10.2. The summed E-state index contributed by atoms with van der Waals surface area (Å²) in [5.74, 6) is 0.268. The van der Waals surface area contributed by atoms with Gasteiger partial charge >= 0.3 is 12.0 Å². The van der Waals surface area contributed by atoms with E-state index in [4.69, 9.17) is 15.9 Å². The summed E-state index contributed by atoms with van der Waals surface area (Å²) in [4.78, 5) is 27.4. The SMILES string of the molecule is COC(=O)CCN1CCN(c2ccc(-c3ccc(C(=N)N)cc3)cc2OC)C1=O. The second kappa shape index (κ2) is 8.64. The molecule has 2 amide bonds. The highest BCUT2D eigenvalue weighted by molar-refractivity contribution is 5.97. The lowest BCUT2D eigenvalue weighted by Gasteiger charge is -2.21. The van der Waals surface area contributed by atoms with Gasteiger partial charge in [-0.1, -0.05) is 30.3 Å². The van der Waals surface area contributed by atoms with Crippen molar-refractivity contribution in [3.05, 3.63) is 48.0 Å². The van der Waals surface area contributed by atoms with Crippen LogP contribution in [0.2, 0.25) is 0 Å². The smallest absolute Gasteiger partial charge is 0.324 e. The van der Waals surface area contributed by atoms with Crippen LogP contribution in [0.15, 0.2) is 42.5 Å². The molecule has 0 bridgehead atoms. The number of carbonyl (C=O) groups is 2. The molecule has 1 heterocycles. The lowest BCUT2D eigenvalue weighted by atomic mass is 10.0. The van der Waals surface area contributed by atoms with E-state index >= 15 is 0 Å². The second-order valence-corrected chi connectivity index (χ2v) is 6.63. The van der Waals surface area contributed by atoms with Gasteiger partial charge in [-0.15, -0.1) is 0 Å². The molecule has 1 aliphatic heterocycles. The Morgan fingerprint density at radius 3 is 2.41 bits per heavy atom. The molecule has 2 aromatic rings. The summed E-state index contributed by atoms with van der Waals surface area (Å²) in [5, 5.41) is 7.49. The number of nitrogens with two attached hydrogens (primary N) is 1. The van der Waals surface area contributed by atoms with Gasteiger partial charge in [0.05, 0.1) is 26.3 Å². The van der Waals surface area contributed by atoms with Gasteiger partial charge in [0, 0.05) is 25.2 Å². The van der Waals surface area contributed by atoms with E-state index in [1.54, 1.807) is 29.0 Å². The first-order chi connectivity index (χ1) is 13.9. The summed E-state index contributed by atoms with van der Waals surface area (Å²) in [7, 11) is 2.90. The van der Waals surface area contributed by atoms with Gasteiger partial charge in [-0.2, -0.15) is 0 Å². The summed E-state index contributed by atoms with van der Waals surface area (Å²) in [6.45, 7) is 1.38. The van der Waals surface area contributed by atoms with Gasteiger partial charge in [0.2, 0.25) is 0 Å². The lowest BCUT2D eigenvalue weighted by Crippen LogP contribution is -2.33. The van der Waals surface area contributed by atoms with Crippen LogP contribution >= 0.6 is 0 Å². The fourth-order valence-electron chi connectivity index (χ4n) is 3.26. The number of nitrogen functional groups attached to an aromatic ring is 1. The van der Waals surface area contributed by atoms with Crippen LogP contribution in [0.1, 0.15) is 12.0 Å². The van der Waals surface area contributed by atoms with Crippen molar-refractivity contribution in [2.45, 2.75) is 6.42 Å². The number of rotatable bonds is 7. The third-order valence-electron chi connectivity index (χ3n) is 4.91. The average molecular weight is 396 g/mol. The van der Waals surface area contributed by atoms with Crippen LogP contribution in [-0.4, -0.2) is 56.6 Å². The molecule has 0 radical (unpaired) electrons. The van der Waals surface area contributed by atoms with Gasteiger partial charge in [-0.25, -0.2) is 4.79 Å². The molecule has 2 aromatic carbocycles. The fourth-order valence-corrected chi connectivity index (χ4v) is 3.26. The molecule has 3 N–H and O–H groups in total. The summed E-state index contributed by atoms with van der Waals surface area (Å²) in [5.41, 5.74) is 8.72. The average Bonchev–Trinajstić information content (AvgIpc) is 3.11. The van der Waals surface area contributed by atoms with Crippen molar-refractivity contribution in [1.82, 2.24) is 4.90 Å². The topological polar surface area (TPSA) is 109 Å². The first-order valence-corrected chi connectivity index (χ1v) is 9.20. The number of anilines is 1. The largest absolute Gasteiger partial charge is 0.495 e. The molecular formula is C21H24N4O4. The van der Waals surface area contributed by atoms with Crippen molar-refractivity contribution in [3.63, 3.8) is 0 Å². The van der Waals surface area contributed by atoms with Crippen molar-refractivity contribution in [2.75, 3.05) is 38.8 Å². The number of nitrogens with one attached hydrogen (secondary N) is 1. The molecule has 0 unspecified atom stereocenters. The fraction of sp³-hybridized carbons (Fsp3) is 0.286. The van der Waals surface area contributed by atoms with Crippen molar-refractivity contribution in [2.24, 2.45) is 5.73 Å². The first kappa shape index (κ1) is 20.2. The Morgan fingerprint density at radius 2 is 1.79 bits per heavy atom. The summed E-state index contributed by atoms with van der Waals surface area (Å²) in [6, 6.07) is 12.9. The minimum atomic E-state index is -0.339. The van der Waals surface area contributed by atoms with E-state index in [1.165, 1.54) is 7.11 Å². The van der Waals surface area contributed by atoms with Gasteiger partial charge in [0.1, 0.15) is 11.6 Å². The molecular weight excluding hydrogens is 372 g/mol. The number of hydrogen-bond donors (Lipinski definition) is 2. The molecule has 0 saturated carbocycles. The van der Waals surface area contributed by atoms with Gasteiger partial charge in [0.15, 0.2) is 0 Å². The number of benzene rings is 2. The number of esters is 1. The predicted octanol–water partition coefficient (Wildman–Crippen LogP) is 2.45. The second-order valence-electron chi connectivity index (χ2n) is 6.63. The number of urea groups is 1. The highest BCUT2D eigenvalue weighted by Crippen LogP contribution is 2.35. The Balaban J connectivity index is 1.79. The van der Waals surface area contributed by atoms with Crippen LogP contribution < -0.4 is 15.4 Å². The number of nitrogens with zero attached hydrogens (tertiary/aromatic N) is 2. The van der Waals surface area contributed by atoms with Crippen LogP contribution in [0.5, 0.6) is 5.75 Å². The van der Waals surface area contributed by atoms with Crippen molar-refractivity contribution >= 4 is 23.5 Å².